The summed E-state index contributed by atoms with van der Waals surface area (Å²) in [5.74, 6) is 1.04. The first-order chi connectivity index (χ1) is 20.1. The zero-order valence-corrected chi connectivity index (χ0v) is 24.6. The number of anilines is 1. The number of rotatable bonds is 5. The van der Waals surface area contributed by atoms with Gasteiger partial charge in [0.25, 0.3) is 5.88 Å². The van der Waals surface area contributed by atoms with Crippen molar-refractivity contribution in [1.29, 1.82) is 0 Å². The van der Waals surface area contributed by atoms with Gasteiger partial charge >= 0.3 is 6.09 Å². The number of halogens is 2. The van der Waals surface area contributed by atoms with Crippen LogP contribution < -0.4 is 9.64 Å². The number of piperidine rings is 1. The summed E-state index contributed by atoms with van der Waals surface area (Å²) in [4.78, 5) is 30.2. The number of benzene rings is 1. The van der Waals surface area contributed by atoms with E-state index in [-0.39, 0.29) is 40.6 Å². The number of aromatic nitrogens is 5. The number of ether oxygens (including phenoxy) is 2. The Balaban J connectivity index is 1.12. The van der Waals surface area contributed by atoms with Crippen LogP contribution in [0.1, 0.15) is 70.9 Å². The van der Waals surface area contributed by atoms with Gasteiger partial charge in [-0.2, -0.15) is 4.98 Å². The van der Waals surface area contributed by atoms with Crippen LogP contribution in [0.2, 0.25) is 5.28 Å². The average Bonchev–Trinajstić information content (AvgIpc) is 3.72. The summed E-state index contributed by atoms with van der Waals surface area (Å²) in [5.41, 5.74) is 1.71. The van der Waals surface area contributed by atoms with Crippen molar-refractivity contribution in [3.05, 3.63) is 47.5 Å². The Morgan fingerprint density at radius 3 is 2.50 bits per heavy atom. The highest BCUT2D eigenvalue weighted by molar-refractivity contribution is 6.28. The van der Waals surface area contributed by atoms with E-state index in [1.165, 1.54) is 18.5 Å². The molecule has 2 unspecified atom stereocenters. The van der Waals surface area contributed by atoms with Crippen LogP contribution in [0.5, 0.6) is 11.6 Å². The predicted octanol–water partition coefficient (Wildman–Crippen LogP) is 6.16. The van der Waals surface area contributed by atoms with E-state index in [4.69, 9.17) is 21.1 Å². The van der Waals surface area contributed by atoms with E-state index in [2.05, 4.69) is 30.0 Å². The van der Waals surface area contributed by atoms with Gasteiger partial charge in [-0.05, 0) is 89.1 Å². The van der Waals surface area contributed by atoms with Gasteiger partial charge in [-0.1, -0.05) is 0 Å². The maximum Gasteiger partial charge on any atom is 0.410 e. The van der Waals surface area contributed by atoms with Gasteiger partial charge in [-0.3, -0.25) is 0 Å². The van der Waals surface area contributed by atoms with Gasteiger partial charge in [-0.15, -0.1) is 10.2 Å². The summed E-state index contributed by atoms with van der Waals surface area (Å²) in [6.07, 6.45) is 8.87. The van der Waals surface area contributed by atoms with Crippen molar-refractivity contribution in [2.24, 2.45) is 5.41 Å². The van der Waals surface area contributed by atoms with Crippen LogP contribution in [0.4, 0.5) is 15.0 Å². The van der Waals surface area contributed by atoms with Crippen molar-refractivity contribution in [3.63, 3.8) is 0 Å². The van der Waals surface area contributed by atoms with Crippen LogP contribution in [-0.4, -0.2) is 66.9 Å². The molecule has 3 aliphatic heterocycles. The second kappa shape index (κ2) is 10.00. The van der Waals surface area contributed by atoms with Crippen LogP contribution >= 0.6 is 11.6 Å². The Kier molecular flexibility index (Phi) is 6.49. The molecule has 1 spiro atoms. The number of hydrogen-bond donors (Lipinski definition) is 0. The molecule has 4 fully saturated rings. The van der Waals surface area contributed by atoms with E-state index in [9.17, 15) is 9.18 Å². The van der Waals surface area contributed by atoms with Gasteiger partial charge in [-0.25, -0.2) is 19.2 Å². The lowest BCUT2D eigenvalue weighted by Gasteiger charge is -2.56. The highest BCUT2D eigenvalue weighted by Crippen LogP contribution is 2.52. The zero-order valence-electron chi connectivity index (χ0n) is 23.9. The molecule has 3 aromatic rings. The van der Waals surface area contributed by atoms with Crippen LogP contribution in [0, 0.1) is 11.2 Å². The van der Waals surface area contributed by atoms with Gasteiger partial charge in [0.2, 0.25) is 5.28 Å². The summed E-state index contributed by atoms with van der Waals surface area (Å²) in [6.45, 7) is 7.18. The molecule has 3 saturated heterocycles. The number of amides is 1. The molecule has 2 atom stereocenters. The maximum absolute atomic E-state index is 14.5. The quantitative estimate of drug-likeness (QED) is 0.344. The minimum absolute atomic E-state index is 0.0184. The third kappa shape index (κ3) is 5.12. The Bertz CT molecular complexity index is 1520. The maximum atomic E-state index is 14.5. The van der Waals surface area contributed by atoms with Crippen LogP contribution in [0.15, 0.2) is 30.7 Å². The van der Waals surface area contributed by atoms with Crippen molar-refractivity contribution in [3.8, 4) is 22.8 Å². The van der Waals surface area contributed by atoms with E-state index in [0.717, 1.165) is 62.9 Å². The third-order valence-electron chi connectivity index (χ3n) is 8.67. The molecule has 2 bridgehead atoms. The molecule has 1 saturated carbocycles. The second-order valence-electron chi connectivity index (χ2n) is 13.1. The largest absolute Gasteiger partial charge is 0.444 e. The molecule has 4 aliphatic rings. The number of carbonyl (C=O) groups excluding carboxylic acids is 1. The van der Waals surface area contributed by atoms with Crippen LogP contribution in [0.25, 0.3) is 11.1 Å². The fourth-order valence-corrected chi connectivity index (χ4v) is 7.04. The van der Waals surface area contributed by atoms with E-state index in [1.54, 1.807) is 12.3 Å². The Morgan fingerprint density at radius 2 is 1.81 bits per heavy atom. The lowest BCUT2D eigenvalue weighted by molar-refractivity contribution is -0.0183. The van der Waals surface area contributed by atoms with E-state index in [0.29, 0.717) is 23.0 Å². The highest BCUT2D eigenvalue weighted by atomic mass is 35.5. The average molecular weight is 594 g/mol. The highest BCUT2D eigenvalue weighted by Gasteiger charge is 2.56. The first-order valence-corrected chi connectivity index (χ1v) is 14.9. The Hall–Kier alpha value is -3.60. The van der Waals surface area contributed by atoms with E-state index in [1.807, 2.05) is 25.7 Å². The lowest BCUT2D eigenvalue weighted by Crippen LogP contribution is -2.64. The molecule has 1 aromatic carbocycles. The van der Waals surface area contributed by atoms with Crippen LogP contribution in [0.3, 0.4) is 0 Å². The molecule has 0 radical (unpaired) electrons. The molecule has 10 nitrogen and oxygen atoms in total. The molecule has 7 rings (SSSR count). The summed E-state index contributed by atoms with van der Waals surface area (Å²) >= 11 is 6.20. The summed E-state index contributed by atoms with van der Waals surface area (Å²) < 4.78 is 26.5. The normalized spacial score (nSPS) is 22.7. The molecule has 1 aliphatic carbocycles. The van der Waals surface area contributed by atoms with Gasteiger partial charge in [0.15, 0.2) is 5.82 Å². The number of hydrogen-bond acceptors (Lipinski definition) is 9. The van der Waals surface area contributed by atoms with Crippen molar-refractivity contribution in [1.82, 2.24) is 30.0 Å². The smallest absolute Gasteiger partial charge is 0.410 e. The summed E-state index contributed by atoms with van der Waals surface area (Å²) in [5, 5.41) is 8.21. The first-order valence-electron chi connectivity index (χ1n) is 14.5. The molecule has 0 N–H and O–H groups in total. The molecular formula is C30H33ClFN7O3. The topological polar surface area (TPSA) is 106 Å². The van der Waals surface area contributed by atoms with Gasteiger partial charge in [0, 0.05) is 53.8 Å². The molecule has 12 heteroatoms. The van der Waals surface area contributed by atoms with Crippen LogP contribution in [-0.2, 0) is 4.74 Å². The van der Waals surface area contributed by atoms with Crippen molar-refractivity contribution < 1.29 is 18.7 Å². The number of fused-ring (bicyclic) bond motifs is 2. The minimum Gasteiger partial charge on any atom is -0.444 e. The summed E-state index contributed by atoms with van der Waals surface area (Å²) in [6, 6.07) is 4.69. The fraction of sp³-hybridized carbons (Fsp3) is 0.533. The first kappa shape index (κ1) is 27.2. The Morgan fingerprint density at radius 1 is 1.07 bits per heavy atom. The minimum atomic E-state index is -0.522. The SMILES string of the molecule is CC(C)(C)OC(=O)N1C2CCC1CC1(C2)CN(c2nc(Cl)nnc2Oc2ccc(F)cc2-c2cncnc2C2CC2)C1. The fourth-order valence-electron chi connectivity index (χ4n) is 6.92. The zero-order chi connectivity index (χ0) is 29.2. The predicted molar refractivity (Wildman–Crippen MR) is 153 cm³/mol. The van der Waals surface area contributed by atoms with Gasteiger partial charge < -0.3 is 19.3 Å². The molecular weight excluding hydrogens is 561 g/mol. The van der Waals surface area contributed by atoms with Crippen molar-refractivity contribution in [2.45, 2.75) is 82.9 Å². The third-order valence-corrected chi connectivity index (χ3v) is 8.83. The van der Waals surface area contributed by atoms with Gasteiger partial charge in [0.1, 0.15) is 23.5 Å². The summed E-state index contributed by atoms with van der Waals surface area (Å²) in [7, 11) is 0. The van der Waals surface area contributed by atoms with E-state index < -0.39 is 5.60 Å². The number of nitrogens with zero attached hydrogens (tertiary/aromatic N) is 7. The monoisotopic (exact) mass is 593 g/mol. The molecule has 220 valence electrons. The molecule has 1 amide bonds. The van der Waals surface area contributed by atoms with E-state index >= 15 is 0 Å². The molecule has 2 aromatic heterocycles. The standard InChI is InChI=1S/C30H33ClFN7O3/c1-29(2,3)42-28(40)39-19-7-8-20(39)12-30(11-19)14-38(15-30)25-26(36-37-27(31)35-25)41-23-9-6-18(32)10-21(23)22-13-33-16-34-24(22)17-4-5-17/h6,9-10,13,16-17,19-20H,4-5,7-8,11-12,14-15H2,1-3H3. The molecule has 5 heterocycles. The number of carbonyl (C=O) groups is 1. The lowest BCUT2D eigenvalue weighted by atomic mass is 9.69. The second-order valence-corrected chi connectivity index (χ2v) is 13.4. The van der Waals surface area contributed by atoms with Crippen molar-refractivity contribution >= 4 is 23.5 Å². The van der Waals surface area contributed by atoms with Crippen molar-refractivity contribution in [2.75, 3.05) is 18.0 Å². The Labute approximate surface area is 248 Å². The molecule has 42 heavy (non-hydrogen) atoms. The van der Waals surface area contributed by atoms with Gasteiger partial charge in [0.05, 0.1) is 5.69 Å².